The minimum Gasteiger partial charge on any atom is -0.486 e. The van der Waals surface area contributed by atoms with Crippen molar-refractivity contribution in [2.45, 2.75) is 11.0 Å². The van der Waals surface area contributed by atoms with Gasteiger partial charge in [0.1, 0.15) is 18.4 Å². The smallest absolute Gasteiger partial charge is 0.293 e. The van der Waals surface area contributed by atoms with E-state index >= 15 is 0 Å². The van der Waals surface area contributed by atoms with Crippen molar-refractivity contribution >= 4 is 38.7 Å². The highest BCUT2D eigenvalue weighted by Gasteiger charge is 2.24. The summed E-state index contributed by atoms with van der Waals surface area (Å²) in [5, 5.41) is 15.0. The molecule has 9 nitrogen and oxygen atoms in total. The summed E-state index contributed by atoms with van der Waals surface area (Å²) in [6.45, 7) is 0.500. The number of fused-ring (bicyclic) bond motifs is 1. The van der Waals surface area contributed by atoms with Gasteiger partial charge < -0.3 is 14.8 Å². The van der Waals surface area contributed by atoms with Gasteiger partial charge in [0.05, 0.1) is 16.4 Å². The molecular weight excluding hydrogens is 458 g/mol. The molecule has 0 aromatic heterocycles. The molecule has 166 valence electrons. The van der Waals surface area contributed by atoms with Crippen molar-refractivity contribution < 1.29 is 22.8 Å². The van der Waals surface area contributed by atoms with Gasteiger partial charge in [-0.05, 0) is 48.5 Å². The molecule has 0 fully saturated rings. The number of nitro benzene ring substituents is 1. The van der Waals surface area contributed by atoms with Gasteiger partial charge in [-0.1, -0.05) is 23.7 Å². The van der Waals surface area contributed by atoms with Gasteiger partial charge in [0.2, 0.25) is 0 Å². The number of para-hydroxylation sites is 2. The topological polar surface area (TPSA) is 120 Å². The number of nitrogens with zero attached hydrogens (tertiary/aromatic N) is 1. The number of ether oxygens (including phenoxy) is 2. The lowest BCUT2D eigenvalue weighted by atomic mass is 10.2. The van der Waals surface area contributed by atoms with Gasteiger partial charge in [0.15, 0.2) is 11.5 Å². The van der Waals surface area contributed by atoms with Crippen LogP contribution in [0.5, 0.6) is 11.5 Å². The maximum absolute atomic E-state index is 12.7. The highest BCUT2D eigenvalue weighted by molar-refractivity contribution is 7.92. The van der Waals surface area contributed by atoms with Crippen molar-refractivity contribution in [2.75, 3.05) is 23.2 Å². The first kappa shape index (κ1) is 21.7. The Labute approximate surface area is 189 Å². The van der Waals surface area contributed by atoms with E-state index in [-0.39, 0.29) is 41.2 Å². The Morgan fingerprint density at radius 2 is 1.78 bits per heavy atom. The van der Waals surface area contributed by atoms with Crippen LogP contribution in [0.15, 0.2) is 71.6 Å². The van der Waals surface area contributed by atoms with E-state index in [4.69, 9.17) is 21.1 Å². The monoisotopic (exact) mass is 475 g/mol. The number of hydrogen-bond acceptors (Lipinski definition) is 7. The fraction of sp³-hybridized carbons (Fsp3) is 0.143. The third-order valence-electron chi connectivity index (χ3n) is 4.66. The van der Waals surface area contributed by atoms with Gasteiger partial charge in [-0.15, -0.1) is 0 Å². The van der Waals surface area contributed by atoms with Crippen LogP contribution in [0.2, 0.25) is 5.02 Å². The van der Waals surface area contributed by atoms with Crippen LogP contribution in [0.3, 0.4) is 0 Å². The number of benzene rings is 3. The van der Waals surface area contributed by atoms with Gasteiger partial charge in [0.25, 0.3) is 15.7 Å². The number of rotatable bonds is 7. The normalized spacial score (nSPS) is 15.1. The van der Waals surface area contributed by atoms with Crippen LogP contribution in [0, 0.1) is 10.1 Å². The quantitative estimate of drug-likeness (QED) is 0.386. The molecule has 0 unspecified atom stereocenters. The van der Waals surface area contributed by atoms with Crippen LogP contribution in [0.25, 0.3) is 0 Å². The summed E-state index contributed by atoms with van der Waals surface area (Å²) in [7, 11) is -4.04. The van der Waals surface area contributed by atoms with Crippen molar-refractivity contribution in [3.8, 4) is 11.5 Å². The molecule has 0 radical (unpaired) electrons. The molecular formula is C21H18ClN3O6S. The fourth-order valence-electron chi connectivity index (χ4n) is 3.10. The lowest BCUT2D eigenvalue weighted by Crippen LogP contribution is -2.35. The Morgan fingerprint density at radius 1 is 1.06 bits per heavy atom. The van der Waals surface area contributed by atoms with Crippen LogP contribution in [0.1, 0.15) is 0 Å². The van der Waals surface area contributed by atoms with E-state index in [2.05, 4.69) is 10.0 Å². The second-order valence-electron chi connectivity index (χ2n) is 6.93. The van der Waals surface area contributed by atoms with Crippen LogP contribution in [-0.2, 0) is 10.0 Å². The number of halogens is 1. The Bertz CT molecular complexity index is 1250. The molecule has 4 rings (SSSR count). The maximum atomic E-state index is 12.7. The minimum absolute atomic E-state index is 0.169. The van der Waals surface area contributed by atoms with Crippen LogP contribution in [-0.4, -0.2) is 32.6 Å². The second-order valence-corrected chi connectivity index (χ2v) is 9.05. The molecule has 32 heavy (non-hydrogen) atoms. The SMILES string of the molecule is O=[N+]([O-])c1cc(S(=O)(=O)Nc2ccc(Cl)cc2)ccc1NC[C@@H]1COc2ccccc2O1. The molecule has 0 spiro atoms. The number of nitro groups is 1. The molecule has 1 atom stereocenters. The third kappa shape index (κ3) is 4.87. The summed E-state index contributed by atoms with van der Waals surface area (Å²) < 4.78 is 39.2. The summed E-state index contributed by atoms with van der Waals surface area (Å²) >= 11 is 5.81. The van der Waals surface area contributed by atoms with Crippen molar-refractivity contribution in [3.05, 3.63) is 81.9 Å². The van der Waals surface area contributed by atoms with Crippen molar-refractivity contribution in [1.29, 1.82) is 0 Å². The highest BCUT2D eigenvalue weighted by Crippen LogP contribution is 2.32. The van der Waals surface area contributed by atoms with E-state index in [1.165, 1.54) is 36.4 Å². The molecule has 1 heterocycles. The van der Waals surface area contributed by atoms with Gasteiger partial charge >= 0.3 is 0 Å². The van der Waals surface area contributed by atoms with Crippen molar-refractivity contribution in [2.24, 2.45) is 0 Å². The molecule has 11 heteroatoms. The number of sulfonamides is 1. The lowest BCUT2D eigenvalue weighted by molar-refractivity contribution is -0.384. The van der Waals surface area contributed by atoms with Gasteiger partial charge in [0, 0.05) is 16.8 Å². The largest absolute Gasteiger partial charge is 0.486 e. The Balaban J connectivity index is 1.49. The second kappa shape index (κ2) is 8.93. The van der Waals surface area contributed by atoms with Crippen molar-refractivity contribution in [1.82, 2.24) is 0 Å². The zero-order valence-electron chi connectivity index (χ0n) is 16.5. The Kier molecular flexibility index (Phi) is 6.06. The molecule has 1 aliphatic rings. The summed E-state index contributed by atoms with van der Waals surface area (Å²) in [4.78, 5) is 10.7. The van der Waals surface area contributed by atoms with Gasteiger partial charge in [-0.2, -0.15) is 0 Å². The average Bonchev–Trinajstić information content (AvgIpc) is 2.78. The van der Waals surface area contributed by atoms with Crippen molar-refractivity contribution in [3.63, 3.8) is 0 Å². The van der Waals surface area contributed by atoms with E-state index in [1.807, 2.05) is 12.1 Å². The number of hydrogen-bond donors (Lipinski definition) is 2. The van der Waals surface area contributed by atoms with Crippen LogP contribution < -0.4 is 19.5 Å². The number of anilines is 2. The van der Waals surface area contributed by atoms with Gasteiger partial charge in [-0.3, -0.25) is 14.8 Å². The van der Waals surface area contributed by atoms with Crippen LogP contribution in [0.4, 0.5) is 17.1 Å². The molecule has 3 aromatic rings. The third-order valence-corrected chi connectivity index (χ3v) is 6.29. The zero-order valence-corrected chi connectivity index (χ0v) is 18.1. The van der Waals surface area contributed by atoms with E-state index in [9.17, 15) is 18.5 Å². The molecule has 3 aromatic carbocycles. The summed E-state index contributed by atoms with van der Waals surface area (Å²) in [6, 6.07) is 16.9. The molecule has 1 aliphatic heterocycles. The first-order valence-electron chi connectivity index (χ1n) is 9.51. The Morgan fingerprint density at radius 3 is 2.50 bits per heavy atom. The first-order valence-corrected chi connectivity index (χ1v) is 11.4. The zero-order chi connectivity index (χ0) is 22.7. The van der Waals surface area contributed by atoms with Gasteiger partial charge in [-0.25, -0.2) is 8.42 Å². The fourth-order valence-corrected chi connectivity index (χ4v) is 4.30. The van der Waals surface area contributed by atoms with E-state index in [0.717, 1.165) is 6.07 Å². The van der Waals surface area contributed by atoms with E-state index < -0.39 is 14.9 Å². The summed E-state index contributed by atoms with van der Waals surface area (Å²) in [5.74, 6) is 1.23. The highest BCUT2D eigenvalue weighted by atomic mass is 35.5. The maximum Gasteiger partial charge on any atom is 0.293 e. The molecule has 0 bridgehead atoms. The molecule has 2 N–H and O–H groups in total. The predicted octanol–water partition coefficient (Wildman–Crippen LogP) is 4.30. The molecule has 0 aliphatic carbocycles. The standard InChI is InChI=1S/C21H18ClN3O6S/c22-14-5-7-15(8-6-14)24-32(28,29)17-9-10-18(19(11-17)25(26)27)23-12-16-13-30-20-3-1-2-4-21(20)31-16/h1-11,16,23-24H,12-13H2/t16-/m1/s1. The number of nitrogens with one attached hydrogen (secondary N) is 2. The molecule has 0 saturated heterocycles. The summed E-state index contributed by atoms with van der Waals surface area (Å²) in [5.41, 5.74) is 0.0815. The minimum atomic E-state index is -4.04. The van der Waals surface area contributed by atoms with Crippen LogP contribution >= 0.6 is 11.6 Å². The molecule has 0 saturated carbocycles. The Hall–Kier alpha value is -3.50. The summed E-state index contributed by atoms with van der Waals surface area (Å²) in [6.07, 6.45) is -0.375. The van der Waals surface area contributed by atoms with E-state index in [0.29, 0.717) is 16.5 Å². The van der Waals surface area contributed by atoms with E-state index in [1.54, 1.807) is 12.1 Å². The molecule has 0 amide bonds. The first-order chi connectivity index (χ1) is 15.3. The average molecular weight is 476 g/mol. The predicted molar refractivity (Wildman–Crippen MR) is 120 cm³/mol. The lowest BCUT2D eigenvalue weighted by Gasteiger charge is -2.26.